The smallest absolute Gasteiger partial charge is 0.143 e. The summed E-state index contributed by atoms with van der Waals surface area (Å²) >= 11 is 0. The van der Waals surface area contributed by atoms with Gasteiger partial charge in [0.15, 0.2) is 0 Å². The number of allylic oxidation sites excluding steroid dienone is 3. The molecule has 8 bridgehead atoms. The lowest BCUT2D eigenvalue weighted by Gasteiger charge is -2.20. The van der Waals surface area contributed by atoms with E-state index in [9.17, 15) is 4.79 Å². The molecule has 0 radical (unpaired) electrons. The number of carbonyl (C=O) groups is 1. The summed E-state index contributed by atoms with van der Waals surface area (Å²) in [5, 5.41) is 0. The van der Waals surface area contributed by atoms with Crippen LogP contribution in [0, 0.1) is 47.3 Å². The van der Waals surface area contributed by atoms with Crippen molar-refractivity contribution >= 4 is 5.78 Å². The molecule has 0 heterocycles. The van der Waals surface area contributed by atoms with Crippen molar-refractivity contribution in [3.8, 4) is 0 Å². The summed E-state index contributed by atoms with van der Waals surface area (Å²) in [6.45, 7) is 4.38. The molecule has 0 aromatic heterocycles. The highest BCUT2D eigenvalue weighted by Crippen LogP contribution is 2.73. The highest BCUT2D eigenvalue weighted by atomic mass is 16.1. The van der Waals surface area contributed by atoms with Gasteiger partial charge in [0.25, 0.3) is 0 Å². The van der Waals surface area contributed by atoms with E-state index in [2.05, 4.69) is 6.58 Å². The Morgan fingerprint density at radius 3 is 1.83 bits per heavy atom. The number of rotatable bonds is 0. The molecule has 0 aromatic rings. The maximum atomic E-state index is 12.3. The molecule has 92 valence electrons. The van der Waals surface area contributed by atoms with Crippen LogP contribution in [0.1, 0.15) is 25.7 Å². The van der Waals surface area contributed by atoms with E-state index in [0.717, 1.165) is 29.6 Å². The van der Waals surface area contributed by atoms with E-state index in [1.54, 1.807) is 16.7 Å². The van der Waals surface area contributed by atoms with Crippen molar-refractivity contribution in [1.29, 1.82) is 0 Å². The van der Waals surface area contributed by atoms with Crippen molar-refractivity contribution in [3.63, 3.8) is 0 Å². The Morgan fingerprint density at radius 2 is 1.33 bits per heavy atom. The van der Waals surface area contributed by atoms with Gasteiger partial charge in [-0.05, 0) is 55.3 Å². The molecule has 1 heteroatoms. The third-order valence-electron chi connectivity index (χ3n) is 7.49. The third kappa shape index (κ3) is 0.673. The summed E-state index contributed by atoms with van der Waals surface area (Å²) < 4.78 is 0. The Bertz CT molecular complexity index is 518. The van der Waals surface area contributed by atoms with E-state index >= 15 is 0 Å². The maximum Gasteiger partial charge on any atom is 0.143 e. The molecule has 0 spiro atoms. The molecule has 8 aliphatic carbocycles. The van der Waals surface area contributed by atoms with E-state index in [-0.39, 0.29) is 0 Å². The van der Waals surface area contributed by atoms with Gasteiger partial charge in [-0.3, -0.25) is 4.79 Å². The summed E-state index contributed by atoms with van der Waals surface area (Å²) in [7, 11) is 0. The highest BCUT2D eigenvalue weighted by Gasteiger charge is 2.67. The van der Waals surface area contributed by atoms with Crippen molar-refractivity contribution in [2.45, 2.75) is 25.7 Å². The first kappa shape index (κ1) is 9.12. The fourth-order valence-corrected chi connectivity index (χ4v) is 7.22. The number of ketones is 1. The maximum absolute atomic E-state index is 12.3. The van der Waals surface area contributed by atoms with Crippen LogP contribution in [0.2, 0.25) is 0 Å². The number of hydrogen-bond acceptors (Lipinski definition) is 1. The summed E-state index contributed by atoms with van der Waals surface area (Å²) in [6.07, 6.45) is 5.42. The molecule has 0 aliphatic heterocycles. The average Bonchev–Trinajstić information content (AvgIpc) is 3.13. The van der Waals surface area contributed by atoms with Gasteiger partial charge in [-0.1, -0.05) is 23.3 Å². The van der Waals surface area contributed by atoms with Crippen molar-refractivity contribution in [1.82, 2.24) is 0 Å². The van der Waals surface area contributed by atoms with Crippen LogP contribution in [0.25, 0.3) is 0 Å². The standard InChI is InChI=1S/C17H18O/c1-6-9-2-7-3-10(9)15(13(6)7)16-11-4-8-5-12(11)17(18)14(8)16/h7-14H,1-5H2/b16-15-. The summed E-state index contributed by atoms with van der Waals surface area (Å²) in [4.78, 5) is 12.3. The van der Waals surface area contributed by atoms with E-state index in [1.165, 1.54) is 25.7 Å². The lowest BCUT2D eigenvalue weighted by Crippen LogP contribution is -2.13. The minimum Gasteiger partial charge on any atom is -0.299 e. The average molecular weight is 238 g/mol. The number of hydrogen-bond donors (Lipinski definition) is 0. The largest absolute Gasteiger partial charge is 0.299 e. The number of Topliss-reactive ketones (excluding diaryl/α,β-unsaturated/α-hetero) is 1. The summed E-state index contributed by atoms with van der Waals surface area (Å²) in [6, 6.07) is 0. The van der Waals surface area contributed by atoms with Crippen LogP contribution in [0.3, 0.4) is 0 Å². The van der Waals surface area contributed by atoms with Crippen molar-refractivity contribution in [2.75, 3.05) is 0 Å². The van der Waals surface area contributed by atoms with Crippen molar-refractivity contribution in [3.05, 3.63) is 23.3 Å². The topological polar surface area (TPSA) is 17.1 Å². The van der Waals surface area contributed by atoms with Gasteiger partial charge in [0, 0.05) is 17.8 Å². The lowest BCUT2D eigenvalue weighted by molar-refractivity contribution is -0.122. The zero-order valence-corrected chi connectivity index (χ0v) is 10.6. The van der Waals surface area contributed by atoms with Crippen LogP contribution in [-0.4, -0.2) is 5.78 Å². The Kier molecular flexibility index (Phi) is 1.22. The van der Waals surface area contributed by atoms with Gasteiger partial charge in [0.1, 0.15) is 5.78 Å². The summed E-state index contributed by atoms with van der Waals surface area (Å²) in [5.41, 5.74) is 5.00. The minimum absolute atomic E-state index is 0.392. The lowest BCUT2D eigenvalue weighted by atomic mass is 9.83. The molecule has 0 N–H and O–H groups in total. The quantitative estimate of drug-likeness (QED) is 0.593. The summed E-state index contributed by atoms with van der Waals surface area (Å²) in [5.74, 6) is 6.20. The predicted octanol–water partition coefficient (Wildman–Crippen LogP) is 2.98. The van der Waals surface area contributed by atoms with E-state index in [1.807, 2.05) is 0 Å². The van der Waals surface area contributed by atoms with E-state index < -0.39 is 0 Å². The van der Waals surface area contributed by atoms with Gasteiger partial charge in [-0.2, -0.15) is 0 Å². The molecule has 8 aliphatic rings. The molecular formula is C17H18O. The van der Waals surface area contributed by atoms with Crippen LogP contribution >= 0.6 is 0 Å². The molecule has 0 amide bonds. The van der Waals surface area contributed by atoms with Crippen LogP contribution in [0.4, 0.5) is 0 Å². The minimum atomic E-state index is 0.392. The van der Waals surface area contributed by atoms with E-state index in [0.29, 0.717) is 23.5 Å². The molecule has 8 unspecified atom stereocenters. The molecular weight excluding hydrogens is 220 g/mol. The molecule has 8 rings (SSSR count). The predicted molar refractivity (Wildman–Crippen MR) is 67.6 cm³/mol. The van der Waals surface area contributed by atoms with Gasteiger partial charge in [-0.25, -0.2) is 0 Å². The van der Waals surface area contributed by atoms with Crippen LogP contribution in [0.5, 0.6) is 0 Å². The van der Waals surface area contributed by atoms with Gasteiger partial charge >= 0.3 is 0 Å². The SMILES string of the molecule is C=C1C2CC3CC2/C(=C2\C4CC5CC4C(=O)C25)C13. The molecule has 8 fully saturated rings. The first-order valence-electron chi connectivity index (χ1n) is 7.72. The van der Waals surface area contributed by atoms with Crippen molar-refractivity contribution in [2.24, 2.45) is 47.3 Å². The number of carbonyl (C=O) groups excluding carboxylic acids is 1. The van der Waals surface area contributed by atoms with Crippen LogP contribution in [-0.2, 0) is 4.79 Å². The van der Waals surface area contributed by atoms with Gasteiger partial charge in [0.05, 0.1) is 0 Å². The van der Waals surface area contributed by atoms with Gasteiger partial charge < -0.3 is 0 Å². The van der Waals surface area contributed by atoms with E-state index in [4.69, 9.17) is 0 Å². The molecule has 0 aromatic carbocycles. The second kappa shape index (κ2) is 2.42. The molecule has 1 nitrogen and oxygen atoms in total. The van der Waals surface area contributed by atoms with Crippen molar-refractivity contribution < 1.29 is 4.79 Å². The van der Waals surface area contributed by atoms with Crippen LogP contribution in [0.15, 0.2) is 23.3 Å². The molecule has 8 atom stereocenters. The molecule has 18 heavy (non-hydrogen) atoms. The Hall–Kier alpha value is -0.850. The Balaban J connectivity index is 1.60. The zero-order chi connectivity index (χ0) is 11.8. The zero-order valence-electron chi connectivity index (χ0n) is 10.6. The first-order chi connectivity index (χ1) is 8.75. The second-order valence-electron chi connectivity index (χ2n) is 7.73. The fourth-order valence-electron chi connectivity index (χ4n) is 7.22. The van der Waals surface area contributed by atoms with Gasteiger partial charge in [-0.15, -0.1) is 0 Å². The Labute approximate surface area is 107 Å². The third-order valence-corrected chi connectivity index (χ3v) is 7.49. The highest BCUT2D eigenvalue weighted by molar-refractivity contribution is 5.94. The normalized spacial score (nSPS) is 65.6. The van der Waals surface area contributed by atoms with Gasteiger partial charge in [0.2, 0.25) is 0 Å². The molecule has 0 saturated heterocycles. The molecule has 8 saturated carbocycles. The first-order valence-corrected chi connectivity index (χ1v) is 7.72. The fraction of sp³-hybridized carbons (Fsp3) is 0.706. The van der Waals surface area contributed by atoms with Crippen LogP contribution < -0.4 is 0 Å². The second-order valence-corrected chi connectivity index (χ2v) is 7.73. The Morgan fingerprint density at radius 1 is 0.778 bits per heavy atom. The monoisotopic (exact) mass is 238 g/mol.